The van der Waals surface area contributed by atoms with Gasteiger partial charge in [-0.2, -0.15) is 0 Å². The van der Waals surface area contributed by atoms with E-state index >= 15 is 0 Å². The second-order valence-electron chi connectivity index (χ2n) is 5.25. The van der Waals surface area contributed by atoms with Crippen LogP contribution in [-0.2, 0) is 9.59 Å². The van der Waals surface area contributed by atoms with E-state index in [1.807, 2.05) is 0 Å². The molecule has 1 aromatic carbocycles. The van der Waals surface area contributed by atoms with Gasteiger partial charge in [0.25, 0.3) is 11.7 Å². The maximum Gasteiger partial charge on any atom is 0.299 e. The fraction of sp³-hybridized carbons (Fsp3) is 0.357. The average Bonchev–Trinajstić information content (AvgIpc) is 3.24. The summed E-state index contributed by atoms with van der Waals surface area (Å²) in [7, 11) is 0. The molecule has 1 N–H and O–H groups in total. The zero-order valence-corrected chi connectivity index (χ0v) is 11.0. The first-order valence-corrected chi connectivity index (χ1v) is 6.59. The second-order valence-corrected chi connectivity index (χ2v) is 5.25. The minimum atomic E-state index is -1.20. The van der Waals surface area contributed by atoms with Gasteiger partial charge < -0.3 is 5.32 Å². The van der Waals surface area contributed by atoms with Gasteiger partial charge in [0.1, 0.15) is 6.54 Å². The third-order valence-corrected chi connectivity index (χ3v) is 3.60. The van der Waals surface area contributed by atoms with Gasteiger partial charge in [0.05, 0.1) is 11.3 Å². The van der Waals surface area contributed by atoms with Crippen LogP contribution in [0.25, 0.3) is 0 Å². The molecule has 1 saturated carbocycles. The smallest absolute Gasteiger partial charge is 0.299 e. The van der Waals surface area contributed by atoms with E-state index in [9.17, 15) is 23.2 Å². The van der Waals surface area contributed by atoms with E-state index in [0.717, 1.165) is 23.8 Å². The number of hydrogen-bond acceptors (Lipinski definition) is 3. The summed E-state index contributed by atoms with van der Waals surface area (Å²) in [6, 6.07) is 1.45. The Morgan fingerprint density at radius 1 is 1.24 bits per heavy atom. The van der Waals surface area contributed by atoms with Crippen molar-refractivity contribution in [2.45, 2.75) is 12.8 Å². The van der Waals surface area contributed by atoms with Gasteiger partial charge in [0.15, 0.2) is 11.6 Å². The molecule has 2 amide bonds. The highest BCUT2D eigenvalue weighted by Gasteiger charge is 2.38. The van der Waals surface area contributed by atoms with Crippen LogP contribution in [0.4, 0.5) is 14.5 Å². The summed E-state index contributed by atoms with van der Waals surface area (Å²) in [6.45, 7) is 0.148. The molecule has 0 saturated heterocycles. The highest BCUT2D eigenvalue weighted by atomic mass is 19.2. The summed E-state index contributed by atoms with van der Waals surface area (Å²) in [5, 5.41) is 2.65. The molecule has 1 aliphatic carbocycles. The number of nitrogens with one attached hydrogen (secondary N) is 1. The van der Waals surface area contributed by atoms with E-state index in [1.165, 1.54) is 0 Å². The van der Waals surface area contributed by atoms with Crippen LogP contribution in [0, 0.1) is 17.6 Å². The van der Waals surface area contributed by atoms with Gasteiger partial charge in [-0.1, -0.05) is 0 Å². The van der Waals surface area contributed by atoms with Crippen molar-refractivity contribution < 1.29 is 23.2 Å². The third kappa shape index (κ3) is 2.51. The molecule has 0 bridgehead atoms. The summed E-state index contributed by atoms with van der Waals surface area (Å²) in [5.74, 6) is -4.20. The quantitative estimate of drug-likeness (QED) is 0.843. The molecular weight excluding hydrogens is 282 g/mol. The minimum absolute atomic E-state index is 0.0644. The van der Waals surface area contributed by atoms with E-state index < -0.39 is 29.2 Å². The van der Waals surface area contributed by atoms with E-state index in [-0.39, 0.29) is 17.8 Å². The zero-order valence-electron chi connectivity index (χ0n) is 11.0. The van der Waals surface area contributed by atoms with Crippen LogP contribution in [0.2, 0.25) is 0 Å². The Morgan fingerprint density at radius 2 is 1.90 bits per heavy atom. The van der Waals surface area contributed by atoms with E-state index in [2.05, 4.69) is 5.32 Å². The summed E-state index contributed by atoms with van der Waals surface area (Å²) >= 11 is 0. The lowest BCUT2D eigenvalue weighted by Gasteiger charge is -2.16. The van der Waals surface area contributed by atoms with E-state index in [0.29, 0.717) is 18.5 Å². The molecule has 1 aliphatic heterocycles. The van der Waals surface area contributed by atoms with Gasteiger partial charge in [-0.3, -0.25) is 19.3 Å². The molecule has 0 aromatic heterocycles. The number of amides is 2. The molecular formula is C14H12F2N2O3. The Hall–Kier alpha value is -2.31. The minimum Gasteiger partial charge on any atom is -0.354 e. The Bertz CT molecular complexity index is 656. The number of nitrogens with zero attached hydrogens (tertiary/aromatic N) is 1. The van der Waals surface area contributed by atoms with Crippen molar-refractivity contribution in [1.82, 2.24) is 5.32 Å². The number of anilines is 1. The number of Topliss-reactive ketones (excluding diaryl/α,β-unsaturated/α-hetero) is 1. The number of carbonyl (C=O) groups is 3. The molecule has 0 spiro atoms. The predicted molar refractivity (Wildman–Crippen MR) is 68.8 cm³/mol. The van der Waals surface area contributed by atoms with Crippen molar-refractivity contribution in [3.8, 4) is 0 Å². The first kappa shape index (κ1) is 13.7. The summed E-state index contributed by atoms with van der Waals surface area (Å²) in [5.41, 5.74) is -0.278. The number of carbonyl (C=O) groups excluding carboxylic acids is 3. The summed E-state index contributed by atoms with van der Waals surface area (Å²) in [4.78, 5) is 36.2. The van der Waals surface area contributed by atoms with Crippen molar-refractivity contribution in [2.24, 2.45) is 5.92 Å². The molecule has 2 aliphatic rings. The molecule has 3 rings (SSSR count). The first-order chi connectivity index (χ1) is 9.97. The molecule has 0 radical (unpaired) electrons. The van der Waals surface area contributed by atoms with Crippen LogP contribution in [0.1, 0.15) is 23.2 Å². The standard InChI is InChI=1S/C14H12F2N2O3/c15-9-3-8-11(4-10(9)16)18(14(21)13(8)20)6-12(19)17-5-7-1-2-7/h3-4,7H,1-2,5-6H2,(H,17,19). The van der Waals surface area contributed by atoms with Crippen LogP contribution in [0.5, 0.6) is 0 Å². The van der Waals surface area contributed by atoms with Gasteiger partial charge in [-0.15, -0.1) is 0 Å². The normalized spacial score (nSPS) is 17.1. The fourth-order valence-corrected chi connectivity index (χ4v) is 2.23. The van der Waals surface area contributed by atoms with Crippen molar-refractivity contribution in [3.05, 3.63) is 29.3 Å². The third-order valence-electron chi connectivity index (χ3n) is 3.60. The molecule has 1 heterocycles. The van der Waals surface area contributed by atoms with Gasteiger partial charge in [0, 0.05) is 12.6 Å². The Morgan fingerprint density at radius 3 is 2.57 bits per heavy atom. The monoisotopic (exact) mass is 294 g/mol. The van der Waals surface area contributed by atoms with E-state index in [1.54, 1.807) is 0 Å². The van der Waals surface area contributed by atoms with Crippen LogP contribution >= 0.6 is 0 Å². The summed E-state index contributed by atoms with van der Waals surface area (Å²) < 4.78 is 26.4. The lowest BCUT2D eigenvalue weighted by atomic mass is 10.1. The Balaban J connectivity index is 1.79. The van der Waals surface area contributed by atoms with Crippen molar-refractivity contribution in [3.63, 3.8) is 0 Å². The van der Waals surface area contributed by atoms with Crippen molar-refractivity contribution in [1.29, 1.82) is 0 Å². The lowest BCUT2D eigenvalue weighted by Crippen LogP contribution is -2.40. The Labute approximate surface area is 118 Å². The highest BCUT2D eigenvalue weighted by Crippen LogP contribution is 2.31. The molecule has 1 fully saturated rings. The molecule has 0 atom stereocenters. The lowest BCUT2D eigenvalue weighted by molar-refractivity contribution is -0.122. The Kier molecular flexibility index (Phi) is 3.19. The van der Waals surface area contributed by atoms with Gasteiger partial charge in [0.2, 0.25) is 5.91 Å². The largest absolute Gasteiger partial charge is 0.354 e. The van der Waals surface area contributed by atoms with Crippen molar-refractivity contribution >= 4 is 23.3 Å². The average molecular weight is 294 g/mol. The molecule has 7 heteroatoms. The van der Waals surface area contributed by atoms with Crippen LogP contribution < -0.4 is 10.2 Å². The fourth-order valence-electron chi connectivity index (χ4n) is 2.23. The molecule has 21 heavy (non-hydrogen) atoms. The van der Waals surface area contributed by atoms with Gasteiger partial charge in [-0.25, -0.2) is 8.78 Å². The number of halogens is 2. The molecule has 1 aromatic rings. The molecule has 5 nitrogen and oxygen atoms in total. The first-order valence-electron chi connectivity index (χ1n) is 6.59. The molecule has 110 valence electrons. The van der Waals surface area contributed by atoms with E-state index in [4.69, 9.17) is 0 Å². The molecule has 0 unspecified atom stereocenters. The van der Waals surface area contributed by atoms with Crippen molar-refractivity contribution in [2.75, 3.05) is 18.0 Å². The van der Waals surface area contributed by atoms with Crippen LogP contribution in [0.15, 0.2) is 12.1 Å². The van der Waals surface area contributed by atoms with Crippen LogP contribution in [-0.4, -0.2) is 30.7 Å². The maximum atomic E-state index is 13.3. The SMILES string of the molecule is O=C(CN1C(=O)C(=O)c2cc(F)c(F)cc21)NCC1CC1. The van der Waals surface area contributed by atoms with Gasteiger partial charge in [-0.05, 0) is 24.8 Å². The van der Waals surface area contributed by atoms with Crippen LogP contribution in [0.3, 0.4) is 0 Å². The highest BCUT2D eigenvalue weighted by molar-refractivity contribution is 6.52. The predicted octanol–water partition coefficient (Wildman–Crippen LogP) is 1.02. The number of rotatable bonds is 4. The maximum absolute atomic E-state index is 13.3. The summed E-state index contributed by atoms with van der Waals surface area (Å²) in [6.07, 6.45) is 2.13. The number of hydrogen-bond donors (Lipinski definition) is 1. The zero-order chi connectivity index (χ0) is 15.1. The second kappa shape index (κ2) is 4.91. The topological polar surface area (TPSA) is 66.5 Å². The van der Waals surface area contributed by atoms with Gasteiger partial charge >= 0.3 is 0 Å². The number of ketones is 1. The number of benzene rings is 1. The number of fused-ring (bicyclic) bond motifs is 1.